The number of carboxylic acid groups (broad SMARTS) is 1. The molecule has 1 aliphatic rings. The highest BCUT2D eigenvalue weighted by molar-refractivity contribution is 8.02. The van der Waals surface area contributed by atoms with E-state index in [1.165, 1.54) is 29.2 Å². The van der Waals surface area contributed by atoms with E-state index in [9.17, 15) is 19.1 Å². The highest BCUT2D eigenvalue weighted by Crippen LogP contribution is 2.38. The van der Waals surface area contributed by atoms with Crippen LogP contribution in [0.4, 0.5) is 4.39 Å². The Hall–Kier alpha value is -1.98. The van der Waals surface area contributed by atoms with E-state index in [0.717, 1.165) is 6.07 Å². The predicted molar refractivity (Wildman–Crippen MR) is 86.9 cm³/mol. The van der Waals surface area contributed by atoms with Crippen molar-refractivity contribution in [2.75, 3.05) is 0 Å². The van der Waals surface area contributed by atoms with Crippen molar-refractivity contribution >= 4 is 36.2 Å². The summed E-state index contributed by atoms with van der Waals surface area (Å²) < 4.78 is 19.6. The van der Waals surface area contributed by atoms with E-state index in [4.69, 9.17) is 9.76 Å². The van der Waals surface area contributed by atoms with Crippen molar-refractivity contribution in [1.29, 1.82) is 0 Å². The fourth-order valence-corrected chi connectivity index (χ4v) is 4.46. The van der Waals surface area contributed by atoms with Crippen LogP contribution in [0.2, 0.25) is 0 Å². The first kappa shape index (κ1) is 16.9. The summed E-state index contributed by atoms with van der Waals surface area (Å²) in [7, 11) is -1.31. The Balaban J connectivity index is 1.83. The molecule has 1 aromatic carbocycles. The summed E-state index contributed by atoms with van der Waals surface area (Å²) in [6, 6.07) is 2.52. The minimum atomic E-state index is -1.45. The van der Waals surface area contributed by atoms with Gasteiger partial charge in [0.2, 0.25) is 0 Å². The van der Waals surface area contributed by atoms with Gasteiger partial charge in [-0.15, -0.1) is 11.3 Å². The number of hydrogen-bond donors (Lipinski definition) is 2. The number of nitrogens with zero attached hydrogens (tertiary/aromatic N) is 2. The maximum absolute atomic E-state index is 13.7. The summed E-state index contributed by atoms with van der Waals surface area (Å²) in [6.07, 6.45) is 0.294. The lowest BCUT2D eigenvalue weighted by molar-refractivity contribution is 0.0689. The standard InChI is InChI=1S/C13H10BFN2O5S2/c15-8-2-1-6-3-9(14(20)22-11(6)10(8)12(18)19)24-13-17-7(4-16-21)5-23-13/h1-2,5,9,20H,3-4H2,(H,18,19)/t9-/m0/s1. The van der Waals surface area contributed by atoms with E-state index < -0.39 is 29.6 Å². The molecule has 1 atom stereocenters. The van der Waals surface area contributed by atoms with Gasteiger partial charge in [0.25, 0.3) is 0 Å². The number of carbonyl (C=O) groups is 1. The van der Waals surface area contributed by atoms with Crippen LogP contribution in [0.15, 0.2) is 27.0 Å². The molecule has 0 amide bonds. The van der Waals surface area contributed by atoms with Gasteiger partial charge in [0.1, 0.15) is 28.0 Å². The molecule has 7 nitrogen and oxygen atoms in total. The minimum absolute atomic E-state index is 0.0230. The van der Waals surface area contributed by atoms with Crippen LogP contribution in [0.3, 0.4) is 0 Å². The minimum Gasteiger partial charge on any atom is -0.535 e. The molecule has 124 valence electrons. The average Bonchev–Trinajstić information content (AvgIpc) is 2.95. The summed E-state index contributed by atoms with van der Waals surface area (Å²) in [4.78, 5) is 25.6. The van der Waals surface area contributed by atoms with E-state index in [-0.39, 0.29) is 12.3 Å². The number of hydrogen-bond acceptors (Lipinski definition) is 8. The molecule has 24 heavy (non-hydrogen) atoms. The SMILES string of the molecule is O=NCc1csc(S[C@H]2Cc3ccc(F)c(C(=O)O)c3OB2O)n1. The third-order valence-electron chi connectivity index (χ3n) is 3.39. The van der Waals surface area contributed by atoms with Crippen molar-refractivity contribution in [2.45, 2.75) is 22.5 Å². The molecule has 2 aromatic rings. The first-order valence-electron chi connectivity index (χ1n) is 6.79. The molecule has 0 aliphatic carbocycles. The normalized spacial score (nSPS) is 16.4. The zero-order chi connectivity index (χ0) is 17.3. The van der Waals surface area contributed by atoms with Crippen LogP contribution in [0.5, 0.6) is 5.75 Å². The van der Waals surface area contributed by atoms with Crippen molar-refractivity contribution in [3.8, 4) is 5.75 Å². The van der Waals surface area contributed by atoms with Gasteiger partial charge in [-0.05, 0) is 18.1 Å². The third kappa shape index (κ3) is 3.28. The Labute approximate surface area is 144 Å². The lowest BCUT2D eigenvalue weighted by Gasteiger charge is -2.27. The predicted octanol–water partition coefficient (Wildman–Crippen LogP) is 2.36. The highest BCUT2D eigenvalue weighted by Gasteiger charge is 2.39. The highest BCUT2D eigenvalue weighted by atomic mass is 32.2. The van der Waals surface area contributed by atoms with Gasteiger partial charge in [-0.1, -0.05) is 23.0 Å². The number of thioether (sulfide) groups is 1. The first-order chi connectivity index (χ1) is 11.5. The topological polar surface area (TPSA) is 109 Å². The summed E-state index contributed by atoms with van der Waals surface area (Å²) >= 11 is 2.56. The van der Waals surface area contributed by atoms with E-state index >= 15 is 0 Å². The fourth-order valence-electron chi connectivity index (χ4n) is 2.32. The molecule has 0 fully saturated rings. The Kier molecular flexibility index (Phi) is 4.83. The van der Waals surface area contributed by atoms with Crippen LogP contribution < -0.4 is 4.65 Å². The van der Waals surface area contributed by atoms with Gasteiger partial charge in [-0.3, -0.25) is 0 Å². The van der Waals surface area contributed by atoms with E-state index in [1.807, 2.05) is 0 Å². The van der Waals surface area contributed by atoms with E-state index in [2.05, 4.69) is 10.2 Å². The maximum Gasteiger partial charge on any atom is 0.537 e. The number of aromatic nitrogens is 1. The van der Waals surface area contributed by atoms with Crippen molar-refractivity contribution in [1.82, 2.24) is 4.98 Å². The second-order valence-electron chi connectivity index (χ2n) is 4.98. The Morgan fingerprint density at radius 2 is 2.38 bits per heavy atom. The number of nitroso groups, excluding NO2 is 1. The van der Waals surface area contributed by atoms with Gasteiger partial charge in [0, 0.05) is 5.38 Å². The molecule has 0 radical (unpaired) electrons. The molecule has 3 rings (SSSR count). The van der Waals surface area contributed by atoms with Gasteiger partial charge in [-0.2, -0.15) is 4.91 Å². The van der Waals surface area contributed by atoms with Crippen LogP contribution in [-0.4, -0.2) is 33.4 Å². The molecule has 2 heterocycles. The molecule has 2 N–H and O–H groups in total. The third-order valence-corrected chi connectivity index (χ3v) is 5.64. The molecule has 1 aromatic heterocycles. The second kappa shape index (κ2) is 6.87. The summed E-state index contributed by atoms with van der Waals surface area (Å²) in [5, 5.41) is 23.3. The number of thiazole rings is 1. The smallest absolute Gasteiger partial charge is 0.535 e. The van der Waals surface area contributed by atoms with Crippen LogP contribution in [0.1, 0.15) is 21.6 Å². The molecule has 0 unspecified atom stereocenters. The molecule has 0 saturated heterocycles. The largest absolute Gasteiger partial charge is 0.537 e. The molecular weight excluding hydrogens is 358 g/mol. The van der Waals surface area contributed by atoms with Crippen molar-refractivity contribution < 1.29 is 24.0 Å². The van der Waals surface area contributed by atoms with Gasteiger partial charge >= 0.3 is 13.1 Å². The number of benzene rings is 1. The Bertz CT molecular complexity index is 803. The summed E-state index contributed by atoms with van der Waals surface area (Å²) in [6.45, 7) is -0.0230. The lowest BCUT2D eigenvalue weighted by Crippen LogP contribution is -2.41. The van der Waals surface area contributed by atoms with Gasteiger partial charge in [0.15, 0.2) is 0 Å². The van der Waals surface area contributed by atoms with E-state index in [1.54, 1.807) is 5.38 Å². The van der Waals surface area contributed by atoms with E-state index in [0.29, 0.717) is 22.0 Å². The van der Waals surface area contributed by atoms with Crippen LogP contribution in [0.25, 0.3) is 0 Å². The summed E-state index contributed by atoms with van der Waals surface area (Å²) in [5.41, 5.74) is 0.464. The van der Waals surface area contributed by atoms with Crippen LogP contribution in [0, 0.1) is 10.7 Å². The van der Waals surface area contributed by atoms with Gasteiger partial charge in [0.05, 0.1) is 10.8 Å². The molecule has 11 heteroatoms. The van der Waals surface area contributed by atoms with Gasteiger partial charge < -0.3 is 14.8 Å². The zero-order valence-electron chi connectivity index (χ0n) is 12.0. The molecular formula is C13H10BFN2O5S2. The maximum atomic E-state index is 13.7. The second-order valence-corrected chi connectivity index (χ2v) is 7.32. The molecule has 0 bridgehead atoms. The molecule has 1 aliphatic heterocycles. The number of fused-ring (bicyclic) bond motifs is 1. The fraction of sp³-hybridized carbons (Fsp3) is 0.231. The first-order valence-corrected chi connectivity index (χ1v) is 8.55. The number of carboxylic acids is 1. The zero-order valence-corrected chi connectivity index (χ0v) is 13.6. The lowest BCUT2D eigenvalue weighted by atomic mass is 9.77. The van der Waals surface area contributed by atoms with Crippen LogP contribution >= 0.6 is 23.1 Å². The van der Waals surface area contributed by atoms with Crippen LogP contribution in [-0.2, 0) is 13.0 Å². The quantitative estimate of drug-likeness (QED) is 0.616. The van der Waals surface area contributed by atoms with Crippen molar-refractivity contribution in [3.63, 3.8) is 0 Å². The van der Waals surface area contributed by atoms with Crippen molar-refractivity contribution in [2.24, 2.45) is 5.18 Å². The Morgan fingerprint density at radius 3 is 3.08 bits per heavy atom. The molecule has 0 saturated carbocycles. The Morgan fingerprint density at radius 1 is 1.58 bits per heavy atom. The number of halogens is 1. The monoisotopic (exact) mass is 368 g/mol. The molecule has 0 spiro atoms. The number of aromatic carboxylic acids is 1. The van der Waals surface area contributed by atoms with Gasteiger partial charge in [-0.25, -0.2) is 14.2 Å². The average molecular weight is 368 g/mol. The summed E-state index contributed by atoms with van der Waals surface area (Å²) in [5.74, 6) is -2.50. The number of rotatable bonds is 5. The van der Waals surface area contributed by atoms with Crippen molar-refractivity contribution in [3.05, 3.63) is 45.1 Å².